The van der Waals surface area contributed by atoms with E-state index in [1.807, 2.05) is 0 Å². The third-order valence-electron chi connectivity index (χ3n) is 2.68. The predicted molar refractivity (Wildman–Crippen MR) is 83.1 cm³/mol. The van der Waals surface area contributed by atoms with Crippen molar-refractivity contribution in [1.82, 2.24) is 0 Å². The number of hydrogen-bond donors (Lipinski definition) is 0. The maximum atomic E-state index is 2.25. The fraction of sp³-hybridized carbons (Fsp3) is 0.444. The number of benzene rings is 2. The van der Waals surface area contributed by atoms with E-state index in [0.717, 1.165) is 5.92 Å². The minimum Gasteiger partial charge on any atom is -0.0654 e. The van der Waals surface area contributed by atoms with Crippen LogP contribution in [0.15, 0.2) is 42.5 Å². The van der Waals surface area contributed by atoms with Gasteiger partial charge in [-0.05, 0) is 35.1 Å². The smallest absolute Gasteiger partial charge is 0.0152 e. The van der Waals surface area contributed by atoms with Crippen molar-refractivity contribution in [2.24, 2.45) is 5.92 Å². The van der Waals surface area contributed by atoms with Crippen LogP contribution in [0.5, 0.6) is 0 Å². The van der Waals surface area contributed by atoms with Crippen molar-refractivity contribution in [2.45, 2.75) is 47.0 Å². The molecule has 0 spiro atoms. The lowest BCUT2D eigenvalue weighted by molar-refractivity contribution is 0.737. The van der Waals surface area contributed by atoms with Crippen LogP contribution in [-0.2, 0) is 6.42 Å². The lowest BCUT2D eigenvalue weighted by Gasteiger charge is -2.04. The summed E-state index contributed by atoms with van der Waals surface area (Å²) in [4.78, 5) is 0. The molecule has 2 rings (SSSR count). The molecule has 2 aromatic carbocycles. The Morgan fingerprint density at radius 2 is 1.50 bits per heavy atom. The second-order valence-corrected chi connectivity index (χ2v) is 5.47. The van der Waals surface area contributed by atoms with E-state index < -0.39 is 0 Å². The molecule has 0 radical (unpaired) electrons. The standard InChI is InChI=1S/C14H16.C4H10/c1-2-3-7-12-9-6-10-13-8-4-5-11-14(12)13;1-4(2)3/h4-6,8-11H,2-3,7H2,1H3;4H,1-3H3. The molecule has 0 aromatic heterocycles. The zero-order valence-electron chi connectivity index (χ0n) is 12.2. The van der Waals surface area contributed by atoms with Gasteiger partial charge in [0.15, 0.2) is 0 Å². The first kappa shape index (κ1) is 14.8. The molecule has 0 heterocycles. The highest BCUT2D eigenvalue weighted by Gasteiger charge is 1.98. The summed E-state index contributed by atoms with van der Waals surface area (Å²) in [5.41, 5.74) is 1.49. The summed E-state index contributed by atoms with van der Waals surface area (Å²) in [5.74, 6) is 0.833. The van der Waals surface area contributed by atoms with Crippen molar-refractivity contribution in [3.63, 3.8) is 0 Å². The zero-order chi connectivity index (χ0) is 13.4. The summed E-state index contributed by atoms with van der Waals surface area (Å²) in [6.07, 6.45) is 3.76. The lowest BCUT2D eigenvalue weighted by Crippen LogP contribution is -1.86. The van der Waals surface area contributed by atoms with Crippen molar-refractivity contribution >= 4 is 10.8 Å². The molecule has 18 heavy (non-hydrogen) atoms. The van der Waals surface area contributed by atoms with Gasteiger partial charge in [-0.25, -0.2) is 0 Å². The highest BCUT2D eigenvalue weighted by atomic mass is 14.0. The average Bonchev–Trinajstić information content (AvgIpc) is 2.35. The van der Waals surface area contributed by atoms with Gasteiger partial charge in [0.25, 0.3) is 0 Å². The summed E-state index contributed by atoms with van der Waals surface area (Å²) in [6.45, 7) is 8.74. The number of rotatable bonds is 3. The van der Waals surface area contributed by atoms with Gasteiger partial charge in [-0.15, -0.1) is 0 Å². The van der Waals surface area contributed by atoms with E-state index >= 15 is 0 Å². The molecule has 0 bridgehead atoms. The third-order valence-corrected chi connectivity index (χ3v) is 2.68. The monoisotopic (exact) mass is 242 g/mol. The van der Waals surface area contributed by atoms with Crippen molar-refractivity contribution in [3.8, 4) is 0 Å². The Balaban J connectivity index is 0.000000357. The first-order valence-electron chi connectivity index (χ1n) is 7.11. The van der Waals surface area contributed by atoms with Gasteiger partial charge in [-0.3, -0.25) is 0 Å². The Hall–Kier alpha value is -1.30. The third kappa shape index (κ3) is 4.91. The minimum atomic E-state index is 0.833. The summed E-state index contributed by atoms with van der Waals surface area (Å²) in [5, 5.41) is 2.78. The van der Waals surface area contributed by atoms with E-state index in [-0.39, 0.29) is 0 Å². The molecular weight excluding hydrogens is 216 g/mol. The van der Waals surface area contributed by atoms with Crippen LogP contribution >= 0.6 is 0 Å². The van der Waals surface area contributed by atoms with Crippen LogP contribution in [-0.4, -0.2) is 0 Å². The molecule has 0 unspecified atom stereocenters. The van der Waals surface area contributed by atoms with Crippen LogP contribution in [0.1, 0.15) is 46.1 Å². The maximum absolute atomic E-state index is 2.25. The van der Waals surface area contributed by atoms with Gasteiger partial charge < -0.3 is 0 Å². The zero-order valence-corrected chi connectivity index (χ0v) is 12.2. The molecule has 98 valence electrons. The maximum Gasteiger partial charge on any atom is -0.0152 e. The molecule has 0 aliphatic carbocycles. The van der Waals surface area contributed by atoms with E-state index in [2.05, 4.69) is 70.2 Å². The topological polar surface area (TPSA) is 0 Å². The normalized spacial score (nSPS) is 10.3. The van der Waals surface area contributed by atoms with Gasteiger partial charge in [-0.2, -0.15) is 0 Å². The Morgan fingerprint density at radius 3 is 2.17 bits per heavy atom. The average molecular weight is 242 g/mol. The SMILES string of the molecule is CC(C)C.CCCCc1cccc2ccccc12. The number of fused-ring (bicyclic) bond motifs is 1. The summed E-state index contributed by atoms with van der Waals surface area (Å²) in [6, 6.07) is 15.2. The second-order valence-electron chi connectivity index (χ2n) is 5.47. The molecule has 0 N–H and O–H groups in total. The first-order chi connectivity index (χ1) is 8.65. The van der Waals surface area contributed by atoms with Crippen LogP contribution in [0.2, 0.25) is 0 Å². The quantitative estimate of drug-likeness (QED) is 0.634. The molecule has 0 saturated carbocycles. The number of aryl methyl sites for hydroxylation is 1. The van der Waals surface area contributed by atoms with Gasteiger partial charge in [0, 0.05) is 0 Å². The van der Waals surface area contributed by atoms with Gasteiger partial charge in [0.05, 0.1) is 0 Å². The first-order valence-corrected chi connectivity index (χ1v) is 7.11. The molecule has 0 saturated heterocycles. The molecule has 0 heteroatoms. The predicted octanol–water partition coefficient (Wildman–Crippen LogP) is 5.84. The number of hydrogen-bond acceptors (Lipinski definition) is 0. The van der Waals surface area contributed by atoms with E-state index in [0.29, 0.717) is 0 Å². The van der Waals surface area contributed by atoms with Crippen LogP contribution in [0.3, 0.4) is 0 Å². The van der Waals surface area contributed by atoms with E-state index in [1.54, 1.807) is 0 Å². The van der Waals surface area contributed by atoms with Gasteiger partial charge in [-0.1, -0.05) is 76.6 Å². The Labute approximate surface area is 112 Å². The molecule has 0 amide bonds. The lowest BCUT2D eigenvalue weighted by atomic mass is 10.0. The van der Waals surface area contributed by atoms with Gasteiger partial charge in [0.2, 0.25) is 0 Å². The number of unbranched alkanes of at least 4 members (excludes halogenated alkanes) is 1. The molecule has 0 aliphatic heterocycles. The Bertz CT molecular complexity index is 446. The fourth-order valence-electron chi connectivity index (χ4n) is 1.88. The Morgan fingerprint density at radius 1 is 0.889 bits per heavy atom. The van der Waals surface area contributed by atoms with E-state index in [1.165, 1.54) is 35.6 Å². The van der Waals surface area contributed by atoms with Crippen molar-refractivity contribution in [2.75, 3.05) is 0 Å². The minimum absolute atomic E-state index is 0.833. The molecule has 2 aromatic rings. The van der Waals surface area contributed by atoms with Crippen molar-refractivity contribution in [3.05, 3.63) is 48.0 Å². The fourth-order valence-corrected chi connectivity index (χ4v) is 1.88. The molecule has 0 nitrogen and oxygen atoms in total. The molecule has 0 atom stereocenters. The van der Waals surface area contributed by atoms with Crippen LogP contribution in [0, 0.1) is 5.92 Å². The summed E-state index contributed by atoms with van der Waals surface area (Å²) >= 11 is 0. The van der Waals surface area contributed by atoms with Crippen LogP contribution < -0.4 is 0 Å². The van der Waals surface area contributed by atoms with Crippen molar-refractivity contribution in [1.29, 1.82) is 0 Å². The molecule has 0 aliphatic rings. The molecular formula is C18H26. The van der Waals surface area contributed by atoms with Crippen LogP contribution in [0.4, 0.5) is 0 Å². The second kappa shape index (κ2) is 7.92. The van der Waals surface area contributed by atoms with E-state index in [9.17, 15) is 0 Å². The highest BCUT2D eigenvalue weighted by Crippen LogP contribution is 2.19. The van der Waals surface area contributed by atoms with E-state index in [4.69, 9.17) is 0 Å². The summed E-state index contributed by atoms with van der Waals surface area (Å²) < 4.78 is 0. The Kier molecular flexibility index (Phi) is 6.49. The van der Waals surface area contributed by atoms with Crippen molar-refractivity contribution < 1.29 is 0 Å². The van der Waals surface area contributed by atoms with Crippen LogP contribution in [0.25, 0.3) is 10.8 Å². The largest absolute Gasteiger partial charge is 0.0654 e. The van der Waals surface area contributed by atoms with Gasteiger partial charge in [0.1, 0.15) is 0 Å². The highest BCUT2D eigenvalue weighted by molar-refractivity contribution is 5.85. The molecule has 0 fully saturated rings. The van der Waals surface area contributed by atoms with Gasteiger partial charge >= 0.3 is 0 Å². The summed E-state index contributed by atoms with van der Waals surface area (Å²) in [7, 11) is 0.